The van der Waals surface area contributed by atoms with Gasteiger partial charge in [-0.3, -0.25) is 9.59 Å². The molecule has 156 valence electrons. The van der Waals surface area contributed by atoms with Crippen LogP contribution in [-0.4, -0.2) is 73.7 Å². The predicted octanol–water partition coefficient (Wildman–Crippen LogP) is 1.38. The Bertz CT molecular complexity index is 733. The van der Waals surface area contributed by atoms with Crippen LogP contribution in [0.2, 0.25) is 0 Å². The van der Waals surface area contributed by atoms with E-state index in [0.717, 1.165) is 25.9 Å². The Morgan fingerprint density at radius 3 is 2.36 bits per heavy atom. The highest BCUT2D eigenvalue weighted by molar-refractivity contribution is 5.96. The highest BCUT2D eigenvalue weighted by Crippen LogP contribution is 2.39. The molecule has 1 aliphatic carbocycles. The first-order valence-electron chi connectivity index (χ1n) is 9.41. The van der Waals surface area contributed by atoms with Crippen LogP contribution >= 0.6 is 0 Å². The molecule has 1 saturated carbocycles. The third-order valence-corrected chi connectivity index (χ3v) is 5.89. The molecule has 8 heteroatoms. The monoisotopic (exact) mass is 394 g/mol. The first kappa shape index (κ1) is 22.1. The second-order valence-electron chi connectivity index (χ2n) is 7.79. The zero-order valence-corrected chi connectivity index (χ0v) is 17.2. The summed E-state index contributed by atoms with van der Waals surface area (Å²) in [5.74, 6) is 1.36. The van der Waals surface area contributed by atoms with Gasteiger partial charge in [0, 0.05) is 32.3 Å². The van der Waals surface area contributed by atoms with Gasteiger partial charge in [0.15, 0.2) is 0 Å². The molecule has 0 bridgehead atoms. The fraction of sp³-hybridized carbons (Fsp3) is 0.650. The van der Waals surface area contributed by atoms with Gasteiger partial charge in [-0.2, -0.15) is 0 Å². The number of carbonyl (C=O) groups excluding carboxylic acids is 1. The Labute approximate surface area is 165 Å². The van der Waals surface area contributed by atoms with Gasteiger partial charge < -0.3 is 24.1 Å². The minimum absolute atomic E-state index is 0.0245. The van der Waals surface area contributed by atoms with Crippen LogP contribution in [0.3, 0.4) is 0 Å². The SMILES string of the molecule is CO[C@@H]1C[C@H]2CN(C(=O)c3c(C)cc(=O)oc3C)C[C@H]2C[C@H]1N(C)C.O=CO. The molecule has 1 amide bonds. The van der Waals surface area contributed by atoms with E-state index >= 15 is 0 Å². The second kappa shape index (κ2) is 9.34. The van der Waals surface area contributed by atoms with Gasteiger partial charge in [0.2, 0.25) is 0 Å². The van der Waals surface area contributed by atoms with E-state index in [9.17, 15) is 9.59 Å². The quantitative estimate of drug-likeness (QED) is 0.773. The van der Waals surface area contributed by atoms with Crippen LogP contribution in [0.1, 0.15) is 34.5 Å². The van der Waals surface area contributed by atoms with Crippen molar-refractivity contribution in [2.45, 2.75) is 38.8 Å². The predicted molar refractivity (Wildman–Crippen MR) is 104 cm³/mol. The van der Waals surface area contributed by atoms with Gasteiger partial charge in [-0.15, -0.1) is 0 Å². The van der Waals surface area contributed by atoms with Crippen molar-refractivity contribution in [1.82, 2.24) is 9.80 Å². The average Bonchev–Trinajstić information content (AvgIpc) is 3.03. The maximum atomic E-state index is 13.0. The van der Waals surface area contributed by atoms with Crippen LogP contribution in [0.15, 0.2) is 15.3 Å². The molecule has 1 aromatic rings. The van der Waals surface area contributed by atoms with Crippen molar-refractivity contribution in [3.63, 3.8) is 0 Å². The molecule has 2 aliphatic rings. The highest BCUT2D eigenvalue weighted by atomic mass is 16.5. The van der Waals surface area contributed by atoms with Crippen LogP contribution < -0.4 is 5.63 Å². The lowest BCUT2D eigenvalue weighted by molar-refractivity contribution is -0.122. The molecule has 0 aromatic carbocycles. The molecule has 1 N–H and O–H groups in total. The third-order valence-electron chi connectivity index (χ3n) is 5.89. The van der Waals surface area contributed by atoms with Crippen molar-refractivity contribution in [3.05, 3.63) is 33.4 Å². The van der Waals surface area contributed by atoms with Gasteiger partial charge in [0.05, 0.1) is 11.7 Å². The number of carboxylic acid groups (broad SMARTS) is 1. The maximum Gasteiger partial charge on any atom is 0.336 e. The van der Waals surface area contributed by atoms with E-state index in [-0.39, 0.29) is 18.5 Å². The van der Waals surface area contributed by atoms with Crippen molar-refractivity contribution in [3.8, 4) is 0 Å². The molecule has 8 nitrogen and oxygen atoms in total. The lowest BCUT2D eigenvalue weighted by Gasteiger charge is -2.40. The van der Waals surface area contributed by atoms with E-state index < -0.39 is 5.63 Å². The molecule has 1 aromatic heterocycles. The molecule has 3 rings (SSSR count). The van der Waals surface area contributed by atoms with Crippen molar-refractivity contribution >= 4 is 12.4 Å². The number of rotatable bonds is 3. The van der Waals surface area contributed by atoms with Gasteiger partial charge in [-0.05, 0) is 58.2 Å². The number of hydrogen-bond donors (Lipinski definition) is 1. The van der Waals surface area contributed by atoms with Crippen molar-refractivity contribution < 1.29 is 23.8 Å². The topological polar surface area (TPSA) is 100 Å². The van der Waals surface area contributed by atoms with Gasteiger partial charge in [-0.1, -0.05) is 0 Å². The first-order chi connectivity index (χ1) is 13.2. The summed E-state index contributed by atoms with van der Waals surface area (Å²) < 4.78 is 10.9. The number of methoxy groups -OCH3 is 1. The summed E-state index contributed by atoms with van der Waals surface area (Å²) in [6, 6.07) is 1.78. The Morgan fingerprint density at radius 2 is 1.86 bits per heavy atom. The zero-order valence-electron chi connectivity index (χ0n) is 17.2. The molecule has 28 heavy (non-hydrogen) atoms. The molecular weight excluding hydrogens is 364 g/mol. The second-order valence-corrected chi connectivity index (χ2v) is 7.79. The lowest BCUT2D eigenvalue weighted by atomic mass is 9.77. The van der Waals surface area contributed by atoms with Crippen molar-refractivity contribution in [2.24, 2.45) is 11.8 Å². The largest absolute Gasteiger partial charge is 0.483 e. The summed E-state index contributed by atoms with van der Waals surface area (Å²) in [6.45, 7) is 4.75. The molecule has 1 aliphatic heterocycles. The lowest BCUT2D eigenvalue weighted by Crippen LogP contribution is -2.47. The maximum absolute atomic E-state index is 13.0. The van der Waals surface area contributed by atoms with E-state index in [1.165, 1.54) is 6.07 Å². The van der Waals surface area contributed by atoms with Crippen molar-refractivity contribution in [2.75, 3.05) is 34.3 Å². The Balaban J connectivity index is 0.000000878. The summed E-state index contributed by atoms with van der Waals surface area (Å²) in [5.41, 5.74) is 0.818. The van der Waals surface area contributed by atoms with Crippen LogP contribution in [-0.2, 0) is 9.53 Å². The Hall–Kier alpha value is -2.19. The number of hydrogen-bond acceptors (Lipinski definition) is 6. The van der Waals surface area contributed by atoms with Gasteiger partial charge in [0.25, 0.3) is 12.4 Å². The Morgan fingerprint density at radius 1 is 1.29 bits per heavy atom. The van der Waals surface area contributed by atoms with Crippen LogP contribution in [0, 0.1) is 25.7 Å². The summed E-state index contributed by atoms with van der Waals surface area (Å²) in [4.78, 5) is 37.0. The van der Waals surface area contributed by atoms with Gasteiger partial charge in [-0.25, -0.2) is 4.79 Å². The number of aryl methyl sites for hydroxylation is 2. The molecule has 2 fully saturated rings. The molecule has 0 spiro atoms. The number of likely N-dealkylation sites (N-methyl/N-ethyl adjacent to an activating group) is 1. The molecule has 0 unspecified atom stereocenters. The number of carbonyl (C=O) groups is 2. The molecule has 1 saturated heterocycles. The number of likely N-dealkylation sites (tertiary alicyclic amines) is 1. The standard InChI is InChI=1S/C19H28N2O4.CH2O2/c1-11-6-17(22)25-12(2)18(11)19(23)21-9-13-7-15(20(3)4)16(24-5)8-14(13)10-21;2-1-3/h6,13-16H,7-10H2,1-5H3;1H,(H,2,3)/t13-,14+,15-,16-;/m1./s1. The van der Waals surface area contributed by atoms with E-state index in [4.69, 9.17) is 19.1 Å². The number of nitrogens with zero attached hydrogens (tertiary/aromatic N) is 2. The number of ether oxygens (including phenoxy) is 1. The van der Waals surface area contributed by atoms with E-state index in [0.29, 0.717) is 34.8 Å². The van der Waals surface area contributed by atoms with Crippen LogP contribution in [0.4, 0.5) is 0 Å². The molecule has 0 radical (unpaired) electrons. The molecule has 4 atom stereocenters. The minimum Gasteiger partial charge on any atom is -0.483 e. The summed E-state index contributed by atoms with van der Waals surface area (Å²) in [6.07, 6.45) is 2.24. The summed E-state index contributed by atoms with van der Waals surface area (Å²) in [5, 5.41) is 6.89. The fourth-order valence-electron chi connectivity index (χ4n) is 4.59. The average molecular weight is 394 g/mol. The summed E-state index contributed by atoms with van der Waals surface area (Å²) >= 11 is 0. The van der Waals surface area contributed by atoms with Crippen molar-refractivity contribution in [1.29, 1.82) is 0 Å². The summed E-state index contributed by atoms with van der Waals surface area (Å²) in [7, 11) is 5.96. The normalized spacial score (nSPS) is 26.4. The third kappa shape index (κ3) is 4.62. The van der Waals surface area contributed by atoms with Crippen LogP contribution in [0.5, 0.6) is 0 Å². The highest BCUT2D eigenvalue weighted by Gasteiger charge is 2.44. The number of fused-ring (bicyclic) bond motifs is 1. The molecular formula is C20H30N2O6. The van der Waals surface area contributed by atoms with E-state index in [1.807, 2.05) is 4.90 Å². The van der Waals surface area contributed by atoms with Gasteiger partial charge >= 0.3 is 5.63 Å². The van der Waals surface area contributed by atoms with E-state index in [2.05, 4.69) is 19.0 Å². The number of amides is 1. The van der Waals surface area contributed by atoms with Crippen LogP contribution in [0.25, 0.3) is 0 Å². The zero-order chi connectivity index (χ0) is 21.0. The van der Waals surface area contributed by atoms with E-state index in [1.54, 1.807) is 21.0 Å². The smallest absolute Gasteiger partial charge is 0.336 e. The van der Waals surface area contributed by atoms with Gasteiger partial charge in [0.1, 0.15) is 5.76 Å². The Kier molecular flexibility index (Phi) is 7.37. The first-order valence-corrected chi connectivity index (χ1v) is 9.41. The minimum atomic E-state index is -0.404. The fourth-order valence-corrected chi connectivity index (χ4v) is 4.59. The molecule has 2 heterocycles.